The maximum Gasteiger partial charge on any atom is 0.119 e. The number of anilines is 1. The lowest BCUT2D eigenvalue weighted by atomic mass is 10.1. The van der Waals surface area contributed by atoms with Crippen molar-refractivity contribution >= 4 is 17.0 Å². The minimum atomic E-state index is 0.206. The normalized spacial score (nSPS) is 12.3. The molecule has 3 nitrogen and oxygen atoms in total. The van der Waals surface area contributed by atoms with Crippen LogP contribution in [-0.2, 0) is 0 Å². The summed E-state index contributed by atoms with van der Waals surface area (Å²) < 4.78 is 5.22. The van der Waals surface area contributed by atoms with Crippen LogP contribution in [0.3, 0.4) is 0 Å². The van der Waals surface area contributed by atoms with Gasteiger partial charge in [-0.15, -0.1) is 11.3 Å². The minimum absolute atomic E-state index is 0.206. The Balaban J connectivity index is 2.19. The van der Waals surface area contributed by atoms with Crippen LogP contribution in [0.2, 0.25) is 0 Å². The van der Waals surface area contributed by atoms with E-state index in [2.05, 4.69) is 37.1 Å². The summed E-state index contributed by atoms with van der Waals surface area (Å²) >= 11 is 1.75. The van der Waals surface area contributed by atoms with E-state index in [9.17, 15) is 0 Å². The summed E-state index contributed by atoms with van der Waals surface area (Å²) in [6.45, 7) is 8.40. The van der Waals surface area contributed by atoms with Gasteiger partial charge in [0.2, 0.25) is 0 Å². The summed E-state index contributed by atoms with van der Waals surface area (Å²) in [5.74, 6) is 0.886. The number of benzene rings is 1. The molecular weight excluding hydrogens is 256 g/mol. The Morgan fingerprint density at radius 1 is 1.26 bits per heavy atom. The molecule has 0 aliphatic carbocycles. The molecule has 0 bridgehead atoms. The van der Waals surface area contributed by atoms with E-state index in [1.807, 2.05) is 19.1 Å². The molecule has 19 heavy (non-hydrogen) atoms. The zero-order valence-corrected chi connectivity index (χ0v) is 12.9. The van der Waals surface area contributed by atoms with Gasteiger partial charge >= 0.3 is 0 Å². The van der Waals surface area contributed by atoms with Crippen LogP contribution >= 0.6 is 11.3 Å². The molecular formula is C15H20N2OS. The SMILES string of the molecule is COc1ccc(NC(C)c2nc(C)sc2C)c(C)c1. The molecule has 0 amide bonds. The first-order valence-electron chi connectivity index (χ1n) is 6.36. The molecule has 0 fully saturated rings. The van der Waals surface area contributed by atoms with Gasteiger partial charge in [-0.3, -0.25) is 0 Å². The molecule has 0 aliphatic heterocycles. The summed E-state index contributed by atoms with van der Waals surface area (Å²) in [5, 5.41) is 4.64. The molecule has 0 spiro atoms. The molecule has 1 unspecified atom stereocenters. The molecule has 2 rings (SSSR count). The fraction of sp³-hybridized carbons (Fsp3) is 0.400. The zero-order valence-electron chi connectivity index (χ0n) is 12.1. The Kier molecular flexibility index (Phi) is 4.10. The van der Waals surface area contributed by atoms with Crippen molar-refractivity contribution < 1.29 is 4.74 Å². The molecule has 0 saturated heterocycles. The Morgan fingerprint density at radius 2 is 2.00 bits per heavy atom. The molecule has 4 heteroatoms. The summed E-state index contributed by atoms with van der Waals surface area (Å²) in [4.78, 5) is 5.88. The molecule has 2 aromatic rings. The summed E-state index contributed by atoms with van der Waals surface area (Å²) in [5.41, 5.74) is 3.44. The smallest absolute Gasteiger partial charge is 0.119 e. The number of hydrogen-bond donors (Lipinski definition) is 1. The van der Waals surface area contributed by atoms with Gasteiger partial charge in [-0.2, -0.15) is 0 Å². The predicted octanol–water partition coefficient (Wildman–Crippen LogP) is 4.25. The minimum Gasteiger partial charge on any atom is -0.497 e. The number of thiazole rings is 1. The van der Waals surface area contributed by atoms with Gasteiger partial charge in [0, 0.05) is 10.6 Å². The third-order valence-corrected chi connectivity index (χ3v) is 4.06. The van der Waals surface area contributed by atoms with Gasteiger partial charge in [-0.25, -0.2) is 4.98 Å². The lowest BCUT2D eigenvalue weighted by Gasteiger charge is -2.16. The number of aryl methyl sites for hydroxylation is 3. The highest BCUT2D eigenvalue weighted by molar-refractivity contribution is 7.11. The number of rotatable bonds is 4. The highest BCUT2D eigenvalue weighted by Gasteiger charge is 2.13. The second kappa shape index (κ2) is 5.61. The average Bonchev–Trinajstić information content (AvgIpc) is 2.71. The third kappa shape index (κ3) is 3.07. The number of nitrogens with zero attached hydrogens (tertiary/aromatic N) is 1. The van der Waals surface area contributed by atoms with Gasteiger partial charge in [-0.1, -0.05) is 0 Å². The molecule has 1 aromatic heterocycles. The van der Waals surface area contributed by atoms with Crippen LogP contribution in [0.25, 0.3) is 0 Å². The number of nitrogens with one attached hydrogen (secondary N) is 1. The van der Waals surface area contributed by atoms with Gasteiger partial charge < -0.3 is 10.1 Å². The van der Waals surface area contributed by atoms with E-state index in [1.165, 1.54) is 10.4 Å². The van der Waals surface area contributed by atoms with Crippen LogP contribution in [0.4, 0.5) is 5.69 Å². The van der Waals surface area contributed by atoms with E-state index in [0.717, 1.165) is 22.1 Å². The number of hydrogen-bond acceptors (Lipinski definition) is 4. The molecule has 0 radical (unpaired) electrons. The van der Waals surface area contributed by atoms with Crippen molar-refractivity contribution in [3.8, 4) is 5.75 Å². The molecule has 0 saturated carbocycles. The van der Waals surface area contributed by atoms with Crippen LogP contribution in [-0.4, -0.2) is 12.1 Å². The number of aromatic nitrogens is 1. The number of ether oxygens (including phenoxy) is 1. The van der Waals surface area contributed by atoms with E-state index in [0.29, 0.717) is 0 Å². The monoisotopic (exact) mass is 276 g/mol. The van der Waals surface area contributed by atoms with Gasteiger partial charge in [-0.05, 0) is 51.5 Å². The summed E-state index contributed by atoms with van der Waals surface area (Å²) in [6, 6.07) is 6.27. The average molecular weight is 276 g/mol. The van der Waals surface area contributed by atoms with Gasteiger partial charge in [0.1, 0.15) is 5.75 Å². The fourth-order valence-corrected chi connectivity index (χ4v) is 3.09. The largest absolute Gasteiger partial charge is 0.497 e. The lowest BCUT2D eigenvalue weighted by Crippen LogP contribution is -2.09. The Bertz CT molecular complexity index is 578. The van der Waals surface area contributed by atoms with Crippen molar-refractivity contribution in [2.75, 3.05) is 12.4 Å². The standard InChI is InChI=1S/C15H20N2OS/c1-9-8-13(18-5)6-7-14(9)16-10(2)15-11(3)19-12(4)17-15/h6-8,10,16H,1-5H3. The Morgan fingerprint density at radius 3 is 2.53 bits per heavy atom. The molecule has 1 heterocycles. The summed E-state index contributed by atoms with van der Waals surface area (Å²) in [6.07, 6.45) is 0. The predicted molar refractivity (Wildman–Crippen MR) is 81.4 cm³/mol. The lowest BCUT2D eigenvalue weighted by molar-refractivity contribution is 0.414. The van der Waals surface area contributed by atoms with Crippen molar-refractivity contribution in [2.24, 2.45) is 0 Å². The van der Waals surface area contributed by atoms with Crippen LogP contribution in [0, 0.1) is 20.8 Å². The molecule has 0 aliphatic rings. The van der Waals surface area contributed by atoms with Crippen molar-refractivity contribution in [1.29, 1.82) is 0 Å². The van der Waals surface area contributed by atoms with E-state index in [-0.39, 0.29) is 6.04 Å². The first kappa shape index (κ1) is 13.9. The molecule has 1 aromatic carbocycles. The van der Waals surface area contributed by atoms with Gasteiger partial charge in [0.05, 0.1) is 23.9 Å². The topological polar surface area (TPSA) is 34.1 Å². The molecule has 1 atom stereocenters. The quantitative estimate of drug-likeness (QED) is 0.906. The third-order valence-electron chi connectivity index (χ3n) is 3.16. The maximum absolute atomic E-state index is 5.22. The first-order valence-corrected chi connectivity index (χ1v) is 7.18. The second-order valence-corrected chi connectivity index (χ2v) is 6.13. The van der Waals surface area contributed by atoms with Crippen molar-refractivity contribution in [3.05, 3.63) is 39.3 Å². The van der Waals surface area contributed by atoms with Gasteiger partial charge in [0.15, 0.2) is 0 Å². The summed E-state index contributed by atoms with van der Waals surface area (Å²) in [7, 11) is 1.69. The maximum atomic E-state index is 5.22. The molecule has 102 valence electrons. The van der Waals surface area contributed by atoms with Crippen LogP contribution in [0.15, 0.2) is 18.2 Å². The van der Waals surface area contributed by atoms with Gasteiger partial charge in [0.25, 0.3) is 0 Å². The Labute approximate surface area is 118 Å². The van der Waals surface area contributed by atoms with Crippen molar-refractivity contribution in [1.82, 2.24) is 4.98 Å². The van der Waals surface area contributed by atoms with E-state index in [4.69, 9.17) is 4.74 Å². The van der Waals surface area contributed by atoms with Crippen molar-refractivity contribution in [2.45, 2.75) is 33.7 Å². The number of methoxy groups -OCH3 is 1. The highest BCUT2D eigenvalue weighted by Crippen LogP contribution is 2.28. The van der Waals surface area contributed by atoms with E-state index >= 15 is 0 Å². The zero-order chi connectivity index (χ0) is 14.0. The van der Waals surface area contributed by atoms with Crippen LogP contribution in [0.1, 0.15) is 34.1 Å². The van der Waals surface area contributed by atoms with Crippen molar-refractivity contribution in [3.63, 3.8) is 0 Å². The van der Waals surface area contributed by atoms with Crippen LogP contribution in [0.5, 0.6) is 5.75 Å². The first-order chi connectivity index (χ1) is 9.01. The van der Waals surface area contributed by atoms with Crippen LogP contribution < -0.4 is 10.1 Å². The van der Waals surface area contributed by atoms with E-state index in [1.54, 1.807) is 18.4 Å². The van der Waals surface area contributed by atoms with E-state index < -0.39 is 0 Å². The Hall–Kier alpha value is -1.55. The fourth-order valence-electron chi connectivity index (χ4n) is 2.17. The highest BCUT2D eigenvalue weighted by atomic mass is 32.1. The molecule has 1 N–H and O–H groups in total. The second-order valence-electron chi connectivity index (χ2n) is 4.72.